The molecule has 0 N–H and O–H groups in total. The maximum absolute atomic E-state index is 11.1. The van der Waals surface area contributed by atoms with Crippen molar-refractivity contribution in [3.63, 3.8) is 0 Å². The molecule has 3 rings (SSSR count). The van der Waals surface area contributed by atoms with E-state index in [4.69, 9.17) is 14.3 Å². The van der Waals surface area contributed by atoms with Crippen molar-refractivity contribution in [2.75, 3.05) is 25.8 Å². The summed E-state index contributed by atoms with van der Waals surface area (Å²) in [6.45, 7) is 0.446. The Morgan fingerprint density at radius 2 is 2.08 bits per heavy atom. The van der Waals surface area contributed by atoms with Gasteiger partial charge in [0.15, 0.2) is 6.79 Å². The summed E-state index contributed by atoms with van der Waals surface area (Å²) in [7, 11) is 3.94. The molecule has 2 aromatic carbocycles. The van der Waals surface area contributed by atoms with Crippen LogP contribution < -0.4 is 9.64 Å². The number of benzene rings is 2. The number of anilines is 1. The monoisotopic (exact) mass is 357 g/mol. The normalized spacial score (nSPS) is 13.2. The summed E-state index contributed by atoms with van der Waals surface area (Å²) in [4.78, 5) is 18.0. The van der Waals surface area contributed by atoms with Crippen LogP contribution in [0.4, 0.5) is 11.4 Å². The van der Waals surface area contributed by atoms with Crippen molar-refractivity contribution in [2.45, 2.75) is 13.2 Å². The van der Waals surface area contributed by atoms with Crippen LogP contribution in [0.15, 0.2) is 41.6 Å². The maximum Gasteiger partial charge on any atom is 0.270 e. The molecule has 0 amide bonds. The number of hydrogen-bond donors (Lipinski definition) is 0. The van der Waals surface area contributed by atoms with Gasteiger partial charge in [-0.15, -0.1) is 0 Å². The van der Waals surface area contributed by atoms with E-state index in [1.807, 2.05) is 43.3 Å². The molecule has 1 aliphatic rings. The fourth-order valence-corrected chi connectivity index (χ4v) is 2.56. The van der Waals surface area contributed by atoms with Crippen LogP contribution in [0, 0.1) is 10.1 Å². The Balaban J connectivity index is 1.69. The highest BCUT2D eigenvalue weighted by molar-refractivity contribution is 5.79. The molecular weight excluding hydrogens is 338 g/mol. The van der Waals surface area contributed by atoms with Gasteiger partial charge in [0, 0.05) is 43.0 Å². The first kappa shape index (κ1) is 17.7. The topological polar surface area (TPSA) is 86.4 Å². The van der Waals surface area contributed by atoms with Gasteiger partial charge in [-0.05, 0) is 17.7 Å². The van der Waals surface area contributed by atoms with E-state index >= 15 is 0 Å². The second-order valence-electron chi connectivity index (χ2n) is 5.95. The minimum atomic E-state index is -0.450. The van der Waals surface area contributed by atoms with Crippen LogP contribution in [-0.2, 0) is 22.8 Å². The van der Waals surface area contributed by atoms with Crippen LogP contribution in [0.2, 0.25) is 0 Å². The SMILES string of the molecule is CN(C)c1ccc(C=NOCc2cc([N+](=O)[O-])cc3c2OCOC3)cc1. The predicted molar refractivity (Wildman–Crippen MR) is 96.5 cm³/mol. The van der Waals surface area contributed by atoms with Gasteiger partial charge < -0.3 is 19.2 Å². The van der Waals surface area contributed by atoms with E-state index in [9.17, 15) is 10.1 Å². The van der Waals surface area contributed by atoms with E-state index in [-0.39, 0.29) is 25.7 Å². The third kappa shape index (κ3) is 4.09. The number of oxime groups is 1. The molecule has 0 radical (unpaired) electrons. The molecule has 0 unspecified atom stereocenters. The van der Waals surface area contributed by atoms with E-state index in [1.165, 1.54) is 12.1 Å². The first-order valence-corrected chi connectivity index (χ1v) is 7.98. The summed E-state index contributed by atoms with van der Waals surface area (Å²) >= 11 is 0. The summed E-state index contributed by atoms with van der Waals surface area (Å²) in [6.07, 6.45) is 1.59. The Morgan fingerprint density at radius 3 is 2.77 bits per heavy atom. The zero-order chi connectivity index (χ0) is 18.5. The quantitative estimate of drug-likeness (QED) is 0.449. The predicted octanol–water partition coefficient (Wildman–Crippen LogP) is 3.08. The average molecular weight is 357 g/mol. The first-order valence-electron chi connectivity index (χ1n) is 7.98. The molecule has 2 aromatic rings. The van der Waals surface area contributed by atoms with Crippen LogP contribution in [0.25, 0.3) is 0 Å². The number of non-ortho nitro benzene ring substituents is 1. The summed E-state index contributed by atoms with van der Waals surface area (Å²) in [5.74, 6) is 0.562. The van der Waals surface area contributed by atoms with Gasteiger partial charge in [-0.3, -0.25) is 10.1 Å². The van der Waals surface area contributed by atoms with E-state index < -0.39 is 4.92 Å². The smallest absolute Gasteiger partial charge is 0.270 e. The van der Waals surface area contributed by atoms with E-state index in [1.54, 1.807) is 6.21 Å². The number of nitro benzene ring substituents is 1. The molecule has 0 bridgehead atoms. The van der Waals surface area contributed by atoms with Crippen LogP contribution in [-0.4, -0.2) is 32.0 Å². The molecule has 26 heavy (non-hydrogen) atoms. The molecule has 1 heterocycles. The number of nitro groups is 1. The molecule has 0 atom stereocenters. The second-order valence-corrected chi connectivity index (χ2v) is 5.95. The second kappa shape index (κ2) is 7.83. The Kier molecular flexibility index (Phi) is 5.33. The van der Waals surface area contributed by atoms with E-state index in [0.717, 1.165) is 11.3 Å². The highest BCUT2D eigenvalue weighted by Crippen LogP contribution is 2.33. The Bertz CT molecular complexity index is 818. The standard InChI is InChI=1S/C18H19N3O5/c1-20(2)16-5-3-13(4-6-16)9-19-26-11-15-8-17(21(22)23)7-14-10-24-12-25-18(14)15/h3-9H,10-12H2,1-2H3. The van der Waals surface area contributed by atoms with Gasteiger partial charge in [-0.25, -0.2) is 0 Å². The Morgan fingerprint density at radius 1 is 1.31 bits per heavy atom. The number of ether oxygens (including phenoxy) is 2. The lowest BCUT2D eigenvalue weighted by molar-refractivity contribution is -0.385. The van der Waals surface area contributed by atoms with Crippen LogP contribution in [0.1, 0.15) is 16.7 Å². The van der Waals surface area contributed by atoms with Gasteiger partial charge in [0.2, 0.25) is 0 Å². The molecule has 0 saturated carbocycles. The van der Waals surface area contributed by atoms with Crippen LogP contribution in [0.5, 0.6) is 5.75 Å². The van der Waals surface area contributed by atoms with Gasteiger partial charge in [0.1, 0.15) is 12.4 Å². The van der Waals surface area contributed by atoms with Crippen molar-refractivity contribution in [1.82, 2.24) is 0 Å². The molecule has 136 valence electrons. The van der Waals surface area contributed by atoms with Gasteiger partial charge in [0.05, 0.1) is 17.7 Å². The zero-order valence-corrected chi connectivity index (χ0v) is 14.5. The molecule has 0 spiro atoms. The molecule has 8 nitrogen and oxygen atoms in total. The number of rotatable bonds is 6. The van der Waals surface area contributed by atoms with Gasteiger partial charge in [-0.1, -0.05) is 17.3 Å². The third-order valence-corrected chi connectivity index (χ3v) is 3.89. The van der Waals surface area contributed by atoms with Crippen molar-refractivity contribution in [1.29, 1.82) is 0 Å². The molecule has 0 saturated heterocycles. The number of fused-ring (bicyclic) bond motifs is 1. The van der Waals surface area contributed by atoms with Gasteiger partial charge in [0.25, 0.3) is 5.69 Å². The van der Waals surface area contributed by atoms with Gasteiger partial charge >= 0.3 is 0 Å². The van der Waals surface area contributed by atoms with Crippen molar-refractivity contribution < 1.29 is 19.2 Å². The molecule has 1 aliphatic heterocycles. The summed E-state index contributed by atoms with van der Waals surface area (Å²) in [5.41, 5.74) is 3.15. The average Bonchev–Trinajstić information content (AvgIpc) is 2.65. The highest BCUT2D eigenvalue weighted by Gasteiger charge is 2.21. The molecule has 0 aromatic heterocycles. The Labute approximate surface area is 150 Å². The summed E-state index contributed by atoms with van der Waals surface area (Å²) in [5, 5.41) is 15.0. The lowest BCUT2D eigenvalue weighted by Gasteiger charge is -2.20. The maximum atomic E-state index is 11.1. The highest BCUT2D eigenvalue weighted by atomic mass is 16.7. The number of nitrogens with zero attached hydrogens (tertiary/aromatic N) is 3. The van der Waals surface area contributed by atoms with Crippen molar-refractivity contribution >= 4 is 17.6 Å². The largest absolute Gasteiger partial charge is 0.467 e. The number of hydrogen-bond acceptors (Lipinski definition) is 7. The summed E-state index contributed by atoms with van der Waals surface area (Å²) in [6, 6.07) is 10.7. The fraction of sp³-hybridized carbons (Fsp3) is 0.278. The van der Waals surface area contributed by atoms with Crippen LogP contribution in [0.3, 0.4) is 0 Å². The van der Waals surface area contributed by atoms with Crippen LogP contribution >= 0.6 is 0 Å². The van der Waals surface area contributed by atoms with Gasteiger partial charge in [-0.2, -0.15) is 0 Å². The molecule has 8 heteroatoms. The Hall–Kier alpha value is -3.13. The lowest BCUT2D eigenvalue weighted by atomic mass is 10.1. The van der Waals surface area contributed by atoms with Crippen molar-refractivity contribution in [2.24, 2.45) is 5.16 Å². The molecule has 0 aliphatic carbocycles. The molecule has 0 fully saturated rings. The van der Waals surface area contributed by atoms with Crippen molar-refractivity contribution in [3.8, 4) is 5.75 Å². The molecular formula is C18H19N3O5. The zero-order valence-electron chi connectivity index (χ0n) is 14.5. The minimum Gasteiger partial charge on any atom is -0.467 e. The third-order valence-electron chi connectivity index (χ3n) is 3.89. The minimum absolute atomic E-state index is 0.0281. The van der Waals surface area contributed by atoms with Crippen molar-refractivity contribution in [3.05, 3.63) is 63.2 Å². The summed E-state index contributed by atoms with van der Waals surface area (Å²) < 4.78 is 10.6. The van der Waals surface area contributed by atoms with E-state index in [2.05, 4.69) is 5.16 Å². The first-order chi connectivity index (χ1) is 12.5. The fourth-order valence-electron chi connectivity index (χ4n) is 2.56. The lowest BCUT2D eigenvalue weighted by Crippen LogP contribution is -2.14. The van der Waals surface area contributed by atoms with E-state index in [0.29, 0.717) is 16.9 Å².